The van der Waals surface area contributed by atoms with E-state index in [0.717, 1.165) is 6.54 Å². The van der Waals surface area contributed by atoms with Gasteiger partial charge in [0, 0.05) is 18.6 Å². The van der Waals surface area contributed by atoms with Crippen LogP contribution in [0.25, 0.3) is 0 Å². The van der Waals surface area contributed by atoms with Gasteiger partial charge in [0.15, 0.2) is 5.96 Å². The van der Waals surface area contributed by atoms with Crippen LogP contribution in [0, 0.1) is 0 Å². The first-order chi connectivity index (χ1) is 10.2. The Hall–Kier alpha value is -0.820. The molecule has 22 heavy (non-hydrogen) atoms. The second kappa shape index (κ2) is 9.35. The smallest absolute Gasteiger partial charge is 0.188 e. The molecule has 0 aliphatic heterocycles. The maximum Gasteiger partial charge on any atom is 0.188 e. The number of methoxy groups -OCH3 is 1. The van der Waals surface area contributed by atoms with Gasteiger partial charge in [-0.2, -0.15) is 0 Å². The standard InChI is InChI=1S/C17H27N3O.HI/c1-14(12-21-2)20-16(18)19-13-17(10-6-7-11-17)15-8-4-3-5-9-15;/h3-5,8-9,14H,6-7,10-13H2,1-2H3,(H3,18,19,20);1H. The van der Waals surface area contributed by atoms with Gasteiger partial charge in [0.05, 0.1) is 13.2 Å². The lowest BCUT2D eigenvalue weighted by Crippen LogP contribution is -2.41. The van der Waals surface area contributed by atoms with E-state index in [-0.39, 0.29) is 35.4 Å². The highest BCUT2D eigenvalue weighted by molar-refractivity contribution is 14.0. The molecule has 1 aliphatic carbocycles. The van der Waals surface area contributed by atoms with Crippen LogP contribution in [0.2, 0.25) is 0 Å². The van der Waals surface area contributed by atoms with Crippen LogP contribution in [0.15, 0.2) is 35.3 Å². The molecule has 3 N–H and O–H groups in total. The van der Waals surface area contributed by atoms with Crippen molar-refractivity contribution in [2.45, 2.75) is 44.1 Å². The lowest BCUT2D eigenvalue weighted by Gasteiger charge is -2.28. The Morgan fingerprint density at radius 3 is 2.55 bits per heavy atom. The Kier molecular flexibility index (Phi) is 8.17. The molecule has 124 valence electrons. The third-order valence-electron chi connectivity index (χ3n) is 4.31. The Morgan fingerprint density at radius 1 is 1.32 bits per heavy atom. The summed E-state index contributed by atoms with van der Waals surface area (Å²) < 4.78 is 5.10. The molecule has 1 aliphatic rings. The first-order valence-electron chi connectivity index (χ1n) is 7.77. The number of nitrogens with two attached hydrogens (primary N) is 1. The summed E-state index contributed by atoms with van der Waals surface area (Å²) in [5, 5.41) is 3.18. The summed E-state index contributed by atoms with van der Waals surface area (Å²) in [4.78, 5) is 4.60. The van der Waals surface area contributed by atoms with Crippen molar-refractivity contribution >= 4 is 29.9 Å². The van der Waals surface area contributed by atoms with Crippen molar-refractivity contribution in [3.63, 3.8) is 0 Å². The molecule has 4 nitrogen and oxygen atoms in total. The van der Waals surface area contributed by atoms with Gasteiger partial charge in [-0.3, -0.25) is 4.99 Å². The van der Waals surface area contributed by atoms with Crippen molar-refractivity contribution in [1.29, 1.82) is 0 Å². The Morgan fingerprint density at radius 2 is 1.95 bits per heavy atom. The van der Waals surface area contributed by atoms with E-state index in [4.69, 9.17) is 10.5 Å². The number of guanidine groups is 1. The first-order valence-corrected chi connectivity index (χ1v) is 7.77. The molecule has 1 unspecified atom stereocenters. The Bertz CT molecular complexity index is 458. The van der Waals surface area contributed by atoms with Gasteiger partial charge >= 0.3 is 0 Å². The monoisotopic (exact) mass is 417 g/mol. The van der Waals surface area contributed by atoms with Crippen LogP contribution in [0.1, 0.15) is 38.2 Å². The van der Waals surface area contributed by atoms with Crippen LogP contribution in [-0.2, 0) is 10.2 Å². The van der Waals surface area contributed by atoms with Crippen molar-refractivity contribution in [3.05, 3.63) is 35.9 Å². The molecule has 0 amide bonds. The Labute approximate surface area is 150 Å². The number of benzene rings is 1. The molecule has 1 fully saturated rings. The van der Waals surface area contributed by atoms with Gasteiger partial charge in [0.2, 0.25) is 0 Å². The largest absolute Gasteiger partial charge is 0.383 e. The number of aliphatic imine (C=N–C) groups is 1. The fourth-order valence-corrected chi connectivity index (χ4v) is 3.21. The second-order valence-corrected chi connectivity index (χ2v) is 6.06. The molecule has 1 aromatic carbocycles. The van der Waals surface area contributed by atoms with Crippen LogP contribution in [0.4, 0.5) is 0 Å². The lowest BCUT2D eigenvalue weighted by atomic mass is 9.79. The lowest BCUT2D eigenvalue weighted by molar-refractivity contribution is 0.179. The zero-order chi connectivity index (χ0) is 15.1. The molecule has 5 heteroatoms. The van der Waals surface area contributed by atoms with E-state index >= 15 is 0 Å². The van der Waals surface area contributed by atoms with E-state index in [1.165, 1.54) is 31.2 Å². The number of hydrogen-bond donors (Lipinski definition) is 2. The van der Waals surface area contributed by atoms with Crippen molar-refractivity contribution in [3.8, 4) is 0 Å². The molecule has 1 aromatic rings. The number of nitrogens with zero attached hydrogens (tertiary/aromatic N) is 1. The van der Waals surface area contributed by atoms with E-state index in [1.807, 2.05) is 6.92 Å². The number of rotatable bonds is 6. The average Bonchev–Trinajstić information content (AvgIpc) is 2.96. The predicted molar refractivity (Wildman–Crippen MR) is 103 cm³/mol. The van der Waals surface area contributed by atoms with E-state index in [2.05, 4.69) is 40.6 Å². The molecule has 0 spiro atoms. The molecule has 0 radical (unpaired) electrons. The number of halogens is 1. The van der Waals surface area contributed by atoms with Crippen molar-refractivity contribution < 1.29 is 4.74 Å². The van der Waals surface area contributed by atoms with Crippen LogP contribution in [0.5, 0.6) is 0 Å². The van der Waals surface area contributed by atoms with Crippen molar-refractivity contribution in [2.24, 2.45) is 10.7 Å². The van der Waals surface area contributed by atoms with E-state index in [1.54, 1.807) is 7.11 Å². The molecule has 0 aromatic heterocycles. The highest BCUT2D eigenvalue weighted by Gasteiger charge is 2.35. The summed E-state index contributed by atoms with van der Waals surface area (Å²) in [6.07, 6.45) is 4.94. The van der Waals surface area contributed by atoms with Crippen LogP contribution >= 0.6 is 24.0 Å². The van der Waals surface area contributed by atoms with Crippen molar-refractivity contribution in [2.75, 3.05) is 20.3 Å². The van der Waals surface area contributed by atoms with E-state index in [0.29, 0.717) is 12.6 Å². The topological polar surface area (TPSA) is 59.6 Å². The van der Waals surface area contributed by atoms with E-state index in [9.17, 15) is 0 Å². The van der Waals surface area contributed by atoms with Crippen LogP contribution < -0.4 is 11.1 Å². The molecule has 0 heterocycles. The molecule has 0 bridgehead atoms. The minimum Gasteiger partial charge on any atom is -0.383 e. The highest BCUT2D eigenvalue weighted by Crippen LogP contribution is 2.41. The van der Waals surface area contributed by atoms with Gasteiger partial charge in [-0.1, -0.05) is 43.2 Å². The molecule has 2 rings (SSSR count). The average molecular weight is 417 g/mol. The fourth-order valence-electron chi connectivity index (χ4n) is 3.21. The van der Waals surface area contributed by atoms with Crippen LogP contribution in [-0.4, -0.2) is 32.3 Å². The van der Waals surface area contributed by atoms with Gasteiger partial charge in [-0.05, 0) is 25.3 Å². The Balaban J connectivity index is 0.00000242. The summed E-state index contributed by atoms with van der Waals surface area (Å²) in [5.74, 6) is 0.516. The minimum absolute atomic E-state index is 0. The van der Waals surface area contributed by atoms with Crippen molar-refractivity contribution in [1.82, 2.24) is 5.32 Å². The van der Waals surface area contributed by atoms with Crippen LogP contribution in [0.3, 0.4) is 0 Å². The van der Waals surface area contributed by atoms with Gasteiger partial charge < -0.3 is 15.8 Å². The fraction of sp³-hybridized carbons (Fsp3) is 0.588. The van der Waals surface area contributed by atoms with Gasteiger partial charge in [-0.15, -0.1) is 24.0 Å². The van der Waals surface area contributed by atoms with Gasteiger partial charge in [0.1, 0.15) is 0 Å². The molecular formula is C17H28IN3O. The third kappa shape index (κ3) is 5.12. The second-order valence-electron chi connectivity index (χ2n) is 6.06. The summed E-state index contributed by atoms with van der Waals surface area (Å²) in [5.41, 5.74) is 7.56. The summed E-state index contributed by atoms with van der Waals surface area (Å²) >= 11 is 0. The quantitative estimate of drug-likeness (QED) is 0.425. The van der Waals surface area contributed by atoms with Gasteiger partial charge in [0.25, 0.3) is 0 Å². The SMILES string of the molecule is COCC(C)NC(N)=NCC1(c2ccccc2)CCCC1.I. The minimum atomic E-state index is 0. The first kappa shape index (κ1) is 19.2. The third-order valence-corrected chi connectivity index (χ3v) is 4.31. The number of nitrogens with one attached hydrogen (secondary N) is 1. The molecular weight excluding hydrogens is 389 g/mol. The highest BCUT2D eigenvalue weighted by atomic mass is 127. The maximum absolute atomic E-state index is 6.00. The zero-order valence-electron chi connectivity index (χ0n) is 13.5. The summed E-state index contributed by atoms with van der Waals surface area (Å²) in [6.45, 7) is 3.42. The maximum atomic E-state index is 6.00. The molecule has 1 saturated carbocycles. The summed E-state index contributed by atoms with van der Waals surface area (Å²) in [7, 11) is 1.69. The zero-order valence-corrected chi connectivity index (χ0v) is 15.9. The number of hydrogen-bond acceptors (Lipinski definition) is 2. The predicted octanol–water partition coefficient (Wildman–Crippen LogP) is 3.06. The van der Waals surface area contributed by atoms with Gasteiger partial charge in [-0.25, -0.2) is 0 Å². The summed E-state index contributed by atoms with van der Waals surface area (Å²) in [6, 6.07) is 10.9. The molecule has 1 atom stereocenters. The normalized spacial score (nSPS) is 18.5. The molecule has 0 saturated heterocycles. The van der Waals surface area contributed by atoms with E-state index < -0.39 is 0 Å². The number of ether oxygens (including phenoxy) is 1.